The van der Waals surface area contributed by atoms with Crippen molar-refractivity contribution < 1.29 is 0 Å². The number of hydrogen-bond acceptors (Lipinski definition) is 2. The first-order valence-electron chi connectivity index (χ1n) is 3.41. The van der Waals surface area contributed by atoms with Crippen LogP contribution in [0.2, 0.25) is 0 Å². The fourth-order valence-corrected chi connectivity index (χ4v) is 0. The summed E-state index contributed by atoms with van der Waals surface area (Å²) >= 11 is 0. The molecule has 2 N–H and O–H groups in total. The van der Waals surface area contributed by atoms with Gasteiger partial charge in [0.05, 0.1) is 0 Å². The van der Waals surface area contributed by atoms with Crippen molar-refractivity contribution in [2.45, 2.75) is 20.3 Å². The molecule has 0 heterocycles. The van der Waals surface area contributed by atoms with E-state index in [1.807, 2.05) is 28.2 Å². The van der Waals surface area contributed by atoms with Gasteiger partial charge in [-0.15, -0.1) is 24.8 Å². The van der Waals surface area contributed by atoms with E-state index in [9.17, 15) is 0 Å². The fraction of sp³-hybridized carbons (Fsp3) is 1.00. The van der Waals surface area contributed by atoms with Crippen LogP contribution in [0.4, 0.5) is 0 Å². The highest BCUT2D eigenvalue weighted by atomic mass is 35.5. The van der Waals surface area contributed by atoms with E-state index in [2.05, 4.69) is 24.5 Å². The summed E-state index contributed by atoms with van der Waals surface area (Å²) < 4.78 is 0. The van der Waals surface area contributed by atoms with Gasteiger partial charge in [-0.3, -0.25) is 0 Å². The molecule has 0 aromatic rings. The predicted octanol–water partition coefficient (Wildman–Crippen LogP) is 1.93. The minimum atomic E-state index is 0. The highest BCUT2D eigenvalue weighted by Crippen LogP contribution is 1.56. The van der Waals surface area contributed by atoms with Crippen molar-refractivity contribution in [1.82, 2.24) is 10.6 Å². The molecule has 0 aromatic carbocycles. The summed E-state index contributed by atoms with van der Waals surface area (Å²) in [5.74, 6) is 0. The average molecular weight is 207 g/mol. The van der Waals surface area contributed by atoms with E-state index >= 15 is 0 Å². The van der Waals surface area contributed by atoms with Crippen LogP contribution in [0.3, 0.4) is 0 Å². The van der Waals surface area contributed by atoms with Gasteiger partial charge in [-0.25, -0.2) is 0 Å². The minimum absolute atomic E-state index is 0. The molecule has 0 radical (unpaired) electrons. The standard InChI is InChI=1S/C3H8.2C2H7N.2ClH/c3*1-3-2;;/h3H2,1-2H3;2*3H,1-2H3;2*1H. The second-order valence-corrected chi connectivity index (χ2v) is 1.71. The van der Waals surface area contributed by atoms with E-state index in [0.29, 0.717) is 0 Å². The molecule has 0 spiro atoms. The van der Waals surface area contributed by atoms with Crippen molar-refractivity contribution in [2.75, 3.05) is 28.2 Å². The van der Waals surface area contributed by atoms with Gasteiger partial charge in [0.1, 0.15) is 0 Å². The van der Waals surface area contributed by atoms with Gasteiger partial charge >= 0.3 is 0 Å². The van der Waals surface area contributed by atoms with Crippen molar-refractivity contribution in [2.24, 2.45) is 0 Å². The third kappa shape index (κ3) is 3030. The molecule has 0 saturated carbocycles. The molecule has 0 unspecified atom stereocenters. The Balaban J connectivity index is -0.0000000150. The molecule has 4 heteroatoms. The largest absolute Gasteiger partial charge is 0.323 e. The summed E-state index contributed by atoms with van der Waals surface area (Å²) in [5.41, 5.74) is 0. The van der Waals surface area contributed by atoms with E-state index in [4.69, 9.17) is 0 Å². The van der Waals surface area contributed by atoms with Crippen LogP contribution < -0.4 is 10.6 Å². The molecule has 0 aliphatic heterocycles. The first-order valence-corrected chi connectivity index (χ1v) is 3.41. The topological polar surface area (TPSA) is 24.1 Å². The van der Waals surface area contributed by atoms with Crippen LogP contribution in [0.1, 0.15) is 20.3 Å². The molecule has 0 amide bonds. The van der Waals surface area contributed by atoms with Gasteiger partial charge in [0.15, 0.2) is 0 Å². The van der Waals surface area contributed by atoms with Crippen molar-refractivity contribution in [1.29, 1.82) is 0 Å². The minimum Gasteiger partial charge on any atom is -0.323 e. The number of hydrogen-bond donors (Lipinski definition) is 2. The van der Waals surface area contributed by atoms with Gasteiger partial charge < -0.3 is 10.6 Å². The smallest absolute Gasteiger partial charge is 0.0167 e. The first-order chi connectivity index (χ1) is 4.24. The van der Waals surface area contributed by atoms with Crippen molar-refractivity contribution in [3.05, 3.63) is 0 Å². The summed E-state index contributed by atoms with van der Waals surface area (Å²) in [5, 5.41) is 5.50. The third-order valence-electron chi connectivity index (χ3n) is 0. The zero-order valence-corrected chi connectivity index (χ0v) is 10.2. The Bertz CT molecular complexity index is 19.2. The molecule has 0 saturated heterocycles. The Kier molecular flexibility index (Phi) is 211. The van der Waals surface area contributed by atoms with Crippen LogP contribution in [0.5, 0.6) is 0 Å². The lowest BCUT2D eigenvalue weighted by molar-refractivity contribution is 1.02. The van der Waals surface area contributed by atoms with E-state index in [-0.39, 0.29) is 24.8 Å². The van der Waals surface area contributed by atoms with Crippen LogP contribution >= 0.6 is 24.8 Å². The quantitative estimate of drug-likeness (QED) is 0.634. The first kappa shape index (κ1) is 30.0. The second-order valence-electron chi connectivity index (χ2n) is 1.71. The lowest BCUT2D eigenvalue weighted by Crippen LogP contribution is -1.89. The van der Waals surface area contributed by atoms with Crippen molar-refractivity contribution in [3.8, 4) is 0 Å². The van der Waals surface area contributed by atoms with Crippen LogP contribution in [0.15, 0.2) is 0 Å². The van der Waals surface area contributed by atoms with Crippen LogP contribution in [0.25, 0.3) is 0 Å². The Labute approximate surface area is 84.3 Å². The molecule has 2 nitrogen and oxygen atoms in total. The van der Waals surface area contributed by atoms with Crippen LogP contribution in [-0.4, -0.2) is 28.2 Å². The summed E-state index contributed by atoms with van der Waals surface area (Å²) in [6.45, 7) is 4.25. The number of rotatable bonds is 0. The summed E-state index contributed by atoms with van der Waals surface area (Å²) in [6.07, 6.45) is 1.25. The van der Waals surface area contributed by atoms with Gasteiger partial charge in [0.25, 0.3) is 0 Å². The SMILES string of the molecule is CCC.CNC.CNC.Cl.Cl. The maximum Gasteiger partial charge on any atom is -0.0167 e. The highest BCUT2D eigenvalue weighted by Gasteiger charge is 1.35. The van der Waals surface area contributed by atoms with Gasteiger partial charge in [0, 0.05) is 0 Å². The molecule has 0 fully saturated rings. The average Bonchev–Trinajstić information content (AvgIpc) is 1.70. The number of halogens is 2. The molecular weight excluding hydrogens is 183 g/mol. The predicted molar refractivity (Wildman–Crippen MR) is 60.4 cm³/mol. The summed E-state index contributed by atoms with van der Waals surface area (Å²) in [4.78, 5) is 0. The molecule has 76 valence electrons. The maximum absolute atomic E-state index is 2.75. The van der Waals surface area contributed by atoms with Crippen molar-refractivity contribution >= 4 is 24.8 Å². The molecule has 0 atom stereocenters. The monoisotopic (exact) mass is 206 g/mol. The molecule has 0 aromatic heterocycles. The van der Waals surface area contributed by atoms with Crippen LogP contribution in [0, 0.1) is 0 Å². The van der Waals surface area contributed by atoms with Gasteiger partial charge in [0.2, 0.25) is 0 Å². The van der Waals surface area contributed by atoms with Crippen molar-refractivity contribution in [3.63, 3.8) is 0 Å². The third-order valence-corrected chi connectivity index (χ3v) is 0. The molecule has 11 heavy (non-hydrogen) atoms. The molecule has 0 aliphatic rings. The number of nitrogens with one attached hydrogen (secondary N) is 2. The van der Waals surface area contributed by atoms with Gasteiger partial charge in [-0.1, -0.05) is 20.3 Å². The zero-order chi connectivity index (χ0) is 8.12. The summed E-state index contributed by atoms with van der Waals surface area (Å²) in [7, 11) is 7.50. The lowest BCUT2D eigenvalue weighted by Gasteiger charge is -1.59. The molecular formula is C7H24Cl2N2. The maximum atomic E-state index is 2.75. The van der Waals surface area contributed by atoms with Gasteiger partial charge in [-0.2, -0.15) is 0 Å². The zero-order valence-electron chi connectivity index (χ0n) is 8.52. The summed E-state index contributed by atoms with van der Waals surface area (Å²) in [6, 6.07) is 0. The van der Waals surface area contributed by atoms with Gasteiger partial charge in [-0.05, 0) is 28.2 Å². The van der Waals surface area contributed by atoms with E-state index in [1.165, 1.54) is 6.42 Å². The lowest BCUT2D eigenvalue weighted by atomic mass is 10.6. The molecule has 0 aliphatic carbocycles. The van der Waals surface area contributed by atoms with Crippen LogP contribution in [-0.2, 0) is 0 Å². The fourth-order valence-electron chi connectivity index (χ4n) is 0. The molecule has 0 rings (SSSR count). The molecule has 0 bridgehead atoms. The van der Waals surface area contributed by atoms with E-state index in [1.54, 1.807) is 0 Å². The second kappa shape index (κ2) is 77.4. The highest BCUT2D eigenvalue weighted by molar-refractivity contribution is 5.85. The van der Waals surface area contributed by atoms with E-state index in [0.717, 1.165) is 0 Å². The van der Waals surface area contributed by atoms with E-state index < -0.39 is 0 Å². The Morgan fingerprint density at radius 3 is 0.727 bits per heavy atom. The normalized spacial score (nSPS) is 4.91. The Morgan fingerprint density at radius 2 is 0.727 bits per heavy atom. The Morgan fingerprint density at radius 1 is 0.727 bits per heavy atom. The Hall–Kier alpha value is 0.500.